The summed E-state index contributed by atoms with van der Waals surface area (Å²) in [5, 5.41) is 5.72. The van der Waals surface area contributed by atoms with Gasteiger partial charge in [0.15, 0.2) is 11.5 Å². The highest BCUT2D eigenvalue weighted by atomic mass is 19.1. The largest absolute Gasteiger partial charge is 0.493 e. The van der Waals surface area contributed by atoms with Gasteiger partial charge in [-0.2, -0.15) is 0 Å². The van der Waals surface area contributed by atoms with Crippen LogP contribution in [0.4, 0.5) is 20.6 Å². The van der Waals surface area contributed by atoms with Gasteiger partial charge in [0.25, 0.3) is 0 Å². The Morgan fingerprint density at radius 2 is 1.58 bits per heavy atom. The van der Waals surface area contributed by atoms with E-state index in [0.29, 0.717) is 36.0 Å². The molecular formula is C23H28FN3O4. The molecule has 3 rings (SSSR count). The second-order valence-corrected chi connectivity index (χ2v) is 7.61. The van der Waals surface area contributed by atoms with E-state index in [1.54, 1.807) is 37.3 Å². The van der Waals surface area contributed by atoms with Crippen molar-refractivity contribution in [2.45, 2.75) is 19.8 Å². The van der Waals surface area contributed by atoms with Gasteiger partial charge in [0.2, 0.25) is 5.91 Å². The van der Waals surface area contributed by atoms with E-state index in [0.717, 1.165) is 12.8 Å². The van der Waals surface area contributed by atoms with E-state index in [-0.39, 0.29) is 29.6 Å². The van der Waals surface area contributed by atoms with Crippen molar-refractivity contribution in [3.8, 4) is 11.5 Å². The maximum Gasteiger partial charge on any atom is 0.321 e. The standard InChI is InChI=1S/C23H28FN3O4/c1-15(22(28)25-19-8-9-20(30-2)21(14-19)31-3)16-10-12-27(13-11-16)23(29)26-18-6-4-17(24)5-7-18/h4-9,14-16H,10-13H2,1-3H3,(H,25,28)(H,26,29). The molecule has 0 aromatic heterocycles. The number of nitrogens with one attached hydrogen (secondary N) is 2. The smallest absolute Gasteiger partial charge is 0.321 e. The molecule has 166 valence electrons. The maximum absolute atomic E-state index is 13.0. The summed E-state index contributed by atoms with van der Waals surface area (Å²) in [6.07, 6.45) is 1.47. The number of hydrogen-bond acceptors (Lipinski definition) is 4. The van der Waals surface area contributed by atoms with Crippen LogP contribution in [0.15, 0.2) is 42.5 Å². The van der Waals surface area contributed by atoms with Crippen LogP contribution in [0.1, 0.15) is 19.8 Å². The second kappa shape index (κ2) is 10.1. The Balaban J connectivity index is 1.51. The summed E-state index contributed by atoms with van der Waals surface area (Å²) in [6, 6.07) is 10.7. The fraction of sp³-hybridized carbons (Fsp3) is 0.391. The molecule has 2 aromatic rings. The van der Waals surface area contributed by atoms with Crippen LogP contribution >= 0.6 is 0 Å². The van der Waals surface area contributed by atoms with Crippen LogP contribution in [-0.2, 0) is 4.79 Å². The molecule has 1 saturated heterocycles. The lowest BCUT2D eigenvalue weighted by atomic mass is 9.85. The summed E-state index contributed by atoms with van der Waals surface area (Å²) in [6.45, 7) is 3.03. The average Bonchev–Trinajstić information content (AvgIpc) is 2.80. The highest BCUT2D eigenvalue weighted by molar-refractivity contribution is 5.93. The zero-order chi connectivity index (χ0) is 22.4. The number of likely N-dealkylation sites (tertiary alicyclic amines) is 1. The summed E-state index contributed by atoms with van der Waals surface area (Å²) in [5.41, 5.74) is 1.20. The lowest BCUT2D eigenvalue weighted by molar-refractivity contribution is -0.121. The Morgan fingerprint density at radius 1 is 0.968 bits per heavy atom. The third-order valence-corrected chi connectivity index (χ3v) is 5.69. The number of anilines is 2. The molecule has 0 bridgehead atoms. The molecule has 2 N–H and O–H groups in total. The average molecular weight is 429 g/mol. The van der Waals surface area contributed by atoms with Gasteiger partial charge < -0.3 is 25.0 Å². The van der Waals surface area contributed by atoms with E-state index in [9.17, 15) is 14.0 Å². The Hall–Kier alpha value is -3.29. The fourth-order valence-corrected chi connectivity index (χ4v) is 3.72. The summed E-state index contributed by atoms with van der Waals surface area (Å²) in [4.78, 5) is 26.9. The van der Waals surface area contributed by atoms with E-state index >= 15 is 0 Å². The molecule has 0 saturated carbocycles. The van der Waals surface area contributed by atoms with Gasteiger partial charge in [0.05, 0.1) is 14.2 Å². The van der Waals surface area contributed by atoms with Gasteiger partial charge in [0, 0.05) is 36.4 Å². The number of halogens is 1. The predicted molar refractivity (Wildman–Crippen MR) is 117 cm³/mol. The predicted octanol–water partition coefficient (Wildman–Crippen LogP) is 4.36. The minimum atomic E-state index is -0.348. The number of benzene rings is 2. The first-order valence-electron chi connectivity index (χ1n) is 10.3. The van der Waals surface area contributed by atoms with Crippen LogP contribution in [0.5, 0.6) is 11.5 Å². The molecule has 1 aliphatic rings. The lowest BCUT2D eigenvalue weighted by Crippen LogP contribution is -2.43. The van der Waals surface area contributed by atoms with E-state index in [4.69, 9.17) is 9.47 Å². The van der Waals surface area contributed by atoms with E-state index in [2.05, 4.69) is 10.6 Å². The zero-order valence-electron chi connectivity index (χ0n) is 18.0. The zero-order valence-corrected chi connectivity index (χ0v) is 18.0. The van der Waals surface area contributed by atoms with Gasteiger partial charge in [0.1, 0.15) is 5.82 Å². The van der Waals surface area contributed by atoms with Crippen molar-refractivity contribution in [2.24, 2.45) is 11.8 Å². The molecule has 1 aliphatic heterocycles. The van der Waals surface area contributed by atoms with E-state index < -0.39 is 0 Å². The topological polar surface area (TPSA) is 79.9 Å². The van der Waals surface area contributed by atoms with Crippen molar-refractivity contribution in [1.29, 1.82) is 0 Å². The molecule has 31 heavy (non-hydrogen) atoms. The van der Waals surface area contributed by atoms with Crippen molar-refractivity contribution in [3.05, 3.63) is 48.3 Å². The third kappa shape index (κ3) is 5.65. The molecule has 7 nitrogen and oxygen atoms in total. The number of ether oxygens (including phenoxy) is 2. The summed E-state index contributed by atoms with van der Waals surface area (Å²) in [5.74, 6) is 0.708. The minimum absolute atomic E-state index is 0.0681. The number of rotatable bonds is 6. The van der Waals surface area contributed by atoms with Crippen LogP contribution < -0.4 is 20.1 Å². The van der Waals surface area contributed by atoms with Crippen LogP contribution in [0.3, 0.4) is 0 Å². The van der Waals surface area contributed by atoms with Crippen LogP contribution in [-0.4, -0.2) is 44.1 Å². The van der Waals surface area contributed by atoms with Crippen molar-refractivity contribution in [1.82, 2.24) is 4.90 Å². The first-order chi connectivity index (χ1) is 14.9. The number of urea groups is 1. The van der Waals surface area contributed by atoms with Crippen LogP contribution in [0.25, 0.3) is 0 Å². The first kappa shape index (κ1) is 22.4. The maximum atomic E-state index is 13.0. The highest BCUT2D eigenvalue weighted by Crippen LogP contribution is 2.31. The summed E-state index contributed by atoms with van der Waals surface area (Å²) < 4.78 is 23.5. The molecule has 1 fully saturated rings. The van der Waals surface area contributed by atoms with E-state index in [1.807, 2.05) is 6.92 Å². The normalized spacial score (nSPS) is 15.2. The number of piperidine rings is 1. The number of nitrogens with zero attached hydrogens (tertiary/aromatic N) is 1. The molecule has 1 unspecified atom stereocenters. The molecule has 8 heteroatoms. The Morgan fingerprint density at radius 3 is 2.19 bits per heavy atom. The number of carbonyl (C=O) groups is 2. The van der Waals surface area contributed by atoms with Crippen molar-refractivity contribution in [3.63, 3.8) is 0 Å². The molecule has 0 radical (unpaired) electrons. The molecule has 0 aliphatic carbocycles. The molecule has 0 spiro atoms. The van der Waals surface area contributed by atoms with Gasteiger partial charge in [-0.05, 0) is 55.2 Å². The Bertz CT molecular complexity index is 912. The number of carbonyl (C=O) groups excluding carboxylic acids is 2. The number of hydrogen-bond donors (Lipinski definition) is 2. The monoisotopic (exact) mass is 429 g/mol. The SMILES string of the molecule is COc1ccc(NC(=O)C(C)C2CCN(C(=O)Nc3ccc(F)cc3)CC2)cc1OC. The molecule has 1 heterocycles. The second-order valence-electron chi connectivity index (χ2n) is 7.61. The van der Waals surface area contributed by atoms with Gasteiger partial charge in [-0.3, -0.25) is 4.79 Å². The van der Waals surface area contributed by atoms with Gasteiger partial charge in [-0.1, -0.05) is 6.92 Å². The minimum Gasteiger partial charge on any atom is -0.493 e. The van der Waals surface area contributed by atoms with Crippen molar-refractivity contribution < 1.29 is 23.5 Å². The highest BCUT2D eigenvalue weighted by Gasteiger charge is 2.30. The molecule has 3 amide bonds. The summed E-state index contributed by atoms with van der Waals surface area (Å²) >= 11 is 0. The first-order valence-corrected chi connectivity index (χ1v) is 10.3. The van der Waals surface area contributed by atoms with Gasteiger partial charge in [-0.15, -0.1) is 0 Å². The lowest BCUT2D eigenvalue weighted by Gasteiger charge is -2.34. The third-order valence-electron chi connectivity index (χ3n) is 5.69. The van der Waals surface area contributed by atoms with Crippen molar-refractivity contribution >= 4 is 23.3 Å². The van der Waals surface area contributed by atoms with E-state index in [1.165, 1.54) is 24.3 Å². The Labute approximate surface area is 181 Å². The Kier molecular flexibility index (Phi) is 7.33. The van der Waals surface area contributed by atoms with Crippen LogP contribution in [0.2, 0.25) is 0 Å². The van der Waals surface area contributed by atoms with Gasteiger partial charge >= 0.3 is 6.03 Å². The number of methoxy groups -OCH3 is 2. The van der Waals surface area contributed by atoms with Gasteiger partial charge in [-0.25, -0.2) is 9.18 Å². The van der Waals surface area contributed by atoms with Crippen LogP contribution in [0, 0.1) is 17.7 Å². The molecular weight excluding hydrogens is 401 g/mol. The molecule has 2 aromatic carbocycles. The summed E-state index contributed by atoms with van der Waals surface area (Å²) in [7, 11) is 3.11. The van der Waals surface area contributed by atoms with Crippen molar-refractivity contribution in [2.75, 3.05) is 37.9 Å². The fourth-order valence-electron chi connectivity index (χ4n) is 3.72. The number of amides is 3. The quantitative estimate of drug-likeness (QED) is 0.715. The molecule has 1 atom stereocenters.